The van der Waals surface area contributed by atoms with E-state index in [1.54, 1.807) is 0 Å². The number of nitrogens with one attached hydrogen (secondary N) is 1. The molecule has 1 heterocycles. The van der Waals surface area contributed by atoms with Gasteiger partial charge in [0.05, 0.1) is 5.02 Å². The van der Waals surface area contributed by atoms with Crippen LogP contribution in [-0.2, 0) is 10.0 Å². The van der Waals surface area contributed by atoms with Crippen LogP contribution in [0.1, 0.15) is 13.3 Å². The minimum absolute atomic E-state index is 0.0883. The molecule has 0 saturated heterocycles. The third-order valence-corrected chi connectivity index (χ3v) is 6.60. The Bertz CT molecular complexity index is 734. The molecule has 0 unspecified atom stereocenters. The number of thioether (sulfide) groups is 1. The number of sulfonamides is 1. The van der Waals surface area contributed by atoms with Crippen molar-refractivity contribution in [2.45, 2.75) is 22.6 Å². The van der Waals surface area contributed by atoms with Crippen molar-refractivity contribution in [3.05, 3.63) is 28.2 Å². The number of halogens is 2. The van der Waals surface area contributed by atoms with Gasteiger partial charge >= 0.3 is 0 Å². The van der Waals surface area contributed by atoms with E-state index in [9.17, 15) is 8.42 Å². The standard InChI is InChI=1S/C11H11Cl2N3O2S3/c1-2-5-19-11-15-14-10(20-11)16-21(17,18)9-6-7(12)3-4-8(9)13/h3-4,6H,2,5H2,1H3,(H,14,16). The van der Waals surface area contributed by atoms with Crippen molar-refractivity contribution in [2.24, 2.45) is 0 Å². The molecule has 0 aliphatic rings. The molecule has 0 aliphatic carbocycles. The third-order valence-electron chi connectivity index (χ3n) is 2.24. The van der Waals surface area contributed by atoms with Gasteiger partial charge in [-0.3, -0.25) is 4.72 Å². The van der Waals surface area contributed by atoms with Crippen molar-refractivity contribution < 1.29 is 8.42 Å². The largest absolute Gasteiger partial charge is 0.265 e. The van der Waals surface area contributed by atoms with Crippen molar-refractivity contribution in [1.29, 1.82) is 0 Å². The Morgan fingerprint density at radius 1 is 1.33 bits per heavy atom. The lowest BCUT2D eigenvalue weighted by Gasteiger charge is -2.06. The molecular weight excluding hydrogens is 373 g/mol. The zero-order valence-corrected chi connectivity index (χ0v) is 14.8. The maximum absolute atomic E-state index is 12.3. The molecule has 2 rings (SSSR count). The van der Waals surface area contributed by atoms with Crippen LogP contribution < -0.4 is 4.72 Å². The number of benzene rings is 1. The Kier molecular flexibility index (Phi) is 5.73. The second-order valence-electron chi connectivity index (χ2n) is 3.90. The molecule has 0 spiro atoms. The minimum atomic E-state index is -3.84. The lowest BCUT2D eigenvalue weighted by atomic mass is 10.4. The molecule has 0 saturated carbocycles. The summed E-state index contributed by atoms with van der Waals surface area (Å²) in [6.07, 6.45) is 1.00. The Labute approximate surface area is 141 Å². The van der Waals surface area contributed by atoms with Crippen molar-refractivity contribution in [2.75, 3.05) is 10.5 Å². The van der Waals surface area contributed by atoms with Gasteiger partial charge in [-0.1, -0.05) is 53.2 Å². The summed E-state index contributed by atoms with van der Waals surface area (Å²) >= 11 is 14.4. The van der Waals surface area contributed by atoms with Gasteiger partial charge in [-0.2, -0.15) is 0 Å². The number of aromatic nitrogens is 2. The zero-order valence-electron chi connectivity index (χ0n) is 10.8. The number of rotatable bonds is 6. The van der Waals surface area contributed by atoms with Gasteiger partial charge in [0.15, 0.2) is 4.34 Å². The minimum Gasteiger partial charge on any atom is -0.253 e. The topological polar surface area (TPSA) is 72.0 Å². The maximum Gasteiger partial charge on any atom is 0.265 e. The molecule has 0 amide bonds. The summed E-state index contributed by atoms with van der Waals surface area (Å²) in [5.41, 5.74) is 0. The molecule has 10 heteroatoms. The fraction of sp³-hybridized carbons (Fsp3) is 0.273. The SMILES string of the molecule is CCCSc1nnc(NS(=O)(=O)c2cc(Cl)ccc2Cl)s1. The average molecular weight is 384 g/mol. The van der Waals surface area contributed by atoms with Gasteiger partial charge < -0.3 is 0 Å². The molecule has 0 bridgehead atoms. The van der Waals surface area contributed by atoms with Crippen molar-refractivity contribution in [1.82, 2.24) is 10.2 Å². The van der Waals surface area contributed by atoms with E-state index >= 15 is 0 Å². The highest BCUT2D eigenvalue weighted by Crippen LogP contribution is 2.30. The molecule has 21 heavy (non-hydrogen) atoms. The van der Waals surface area contributed by atoms with Crippen LogP contribution in [0, 0.1) is 0 Å². The highest BCUT2D eigenvalue weighted by atomic mass is 35.5. The van der Waals surface area contributed by atoms with E-state index in [4.69, 9.17) is 23.2 Å². The second kappa shape index (κ2) is 7.15. The van der Waals surface area contributed by atoms with Gasteiger partial charge in [-0.25, -0.2) is 8.42 Å². The van der Waals surface area contributed by atoms with Gasteiger partial charge in [-0.05, 0) is 24.6 Å². The predicted octanol–water partition coefficient (Wildman–Crippen LogP) is 4.15. The molecule has 1 aromatic heterocycles. The molecule has 114 valence electrons. The molecule has 1 aromatic carbocycles. The van der Waals surface area contributed by atoms with Crippen LogP contribution in [0.5, 0.6) is 0 Å². The average Bonchev–Trinajstić information content (AvgIpc) is 2.86. The number of hydrogen-bond donors (Lipinski definition) is 1. The van der Waals surface area contributed by atoms with E-state index in [-0.39, 0.29) is 20.1 Å². The van der Waals surface area contributed by atoms with E-state index in [2.05, 4.69) is 21.8 Å². The maximum atomic E-state index is 12.3. The van der Waals surface area contributed by atoms with Gasteiger partial charge in [-0.15, -0.1) is 10.2 Å². The van der Waals surface area contributed by atoms with Crippen LogP contribution in [0.15, 0.2) is 27.4 Å². The fourth-order valence-electron chi connectivity index (χ4n) is 1.35. The highest BCUT2D eigenvalue weighted by molar-refractivity contribution is 8.01. The Hall–Kier alpha value is -0.540. The van der Waals surface area contributed by atoms with E-state index in [1.165, 1.54) is 41.3 Å². The lowest BCUT2D eigenvalue weighted by molar-refractivity contribution is 0.601. The molecule has 0 aliphatic heterocycles. The Balaban J connectivity index is 2.21. The summed E-state index contributed by atoms with van der Waals surface area (Å²) in [6, 6.07) is 4.24. The van der Waals surface area contributed by atoms with Crippen LogP contribution in [0.2, 0.25) is 10.0 Å². The fourth-order valence-corrected chi connectivity index (χ4v) is 5.02. The van der Waals surface area contributed by atoms with E-state index in [0.29, 0.717) is 4.34 Å². The molecule has 2 aromatic rings. The van der Waals surface area contributed by atoms with Gasteiger partial charge in [0.25, 0.3) is 10.0 Å². The molecular formula is C11H11Cl2N3O2S3. The van der Waals surface area contributed by atoms with E-state index in [1.807, 2.05) is 0 Å². The van der Waals surface area contributed by atoms with Gasteiger partial charge in [0.2, 0.25) is 5.13 Å². The van der Waals surface area contributed by atoms with Gasteiger partial charge in [0.1, 0.15) is 4.90 Å². The Morgan fingerprint density at radius 3 is 2.81 bits per heavy atom. The summed E-state index contributed by atoms with van der Waals surface area (Å²) in [6.45, 7) is 2.05. The Morgan fingerprint density at radius 2 is 2.10 bits per heavy atom. The first kappa shape index (κ1) is 16.8. The van der Waals surface area contributed by atoms with Crippen LogP contribution in [-0.4, -0.2) is 24.4 Å². The summed E-state index contributed by atoms with van der Waals surface area (Å²) in [5.74, 6) is 0.904. The first-order valence-corrected chi connectivity index (χ1v) is 9.90. The summed E-state index contributed by atoms with van der Waals surface area (Å²) in [5, 5.41) is 8.31. The molecule has 0 atom stereocenters. The van der Waals surface area contributed by atoms with Crippen molar-refractivity contribution in [3.8, 4) is 0 Å². The van der Waals surface area contributed by atoms with Crippen LogP contribution in [0.3, 0.4) is 0 Å². The smallest absolute Gasteiger partial charge is 0.253 e. The lowest BCUT2D eigenvalue weighted by Crippen LogP contribution is -2.13. The third kappa shape index (κ3) is 4.46. The van der Waals surface area contributed by atoms with Crippen LogP contribution in [0.4, 0.5) is 5.13 Å². The summed E-state index contributed by atoms with van der Waals surface area (Å²) < 4.78 is 27.6. The monoisotopic (exact) mass is 383 g/mol. The normalized spacial score (nSPS) is 11.6. The van der Waals surface area contributed by atoms with Crippen molar-refractivity contribution >= 4 is 61.5 Å². The van der Waals surface area contributed by atoms with E-state index < -0.39 is 10.0 Å². The number of hydrogen-bond acceptors (Lipinski definition) is 6. The van der Waals surface area contributed by atoms with Crippen molar-refractivity contribution in [3.63, 3.8) is 0 Å². The van der Waals surface area contributed by atoms with Crippen LogP contribution in [0.25, 0.3) is 0 Å². The summed E-state index contributed by atoms with van der Waals surface area (Å²) in [4.78, 5) is -0.0883. The number of nitrogens with zero attached hydrogens (tertiary/aromatic N) is 2. The molecule has 5 nitrogen and oxygen atoms in total. The predicted molar refractivity (Wildman–Crippen MR) is 88.2 cm³/mol. The molecule has 1 N–H and O–H groups in total. The first-order valence-electron chi connectivity index (χ1n) is 5.86. The van der Waals surface area contributed by atoms with Gasteiger partial charge in [0, 0.05) is 10.8 Å². The first-order chi connectivity index (χ1) is 9.92. The molecule has 0 radical (unpaired) electrons. The highest BCUT2D eigenvalue weighted by Gasteiger charge is 2.20. The zero-order chi connectivity index (χ0) is 15.5. The quantitative estimate of drug-likeness (QED) is 0.758. The number of anilines is 1. The van der Waals surface area contributed by atoms with Crippen LogP contribution >= 0.6 is 46.3 Å². The second-order valence-corrected chi connectivity index (χ2v) is 8.72. The molecule has 0 fully saturated rings. The summed E-state index contributed by atoms with van der Waals surface area (Å²) in [7, 11) is -3.84. The van der Waals surface area contributed by atoms with E-state index in [0.717, 1.165) is 12.2 Å².